The van der Waals surface area contributed by atoms with Crippen LogP contribution in [0.4, 0.5) is 0 Å². The molecule has 3 aromatic carbocycles. The Balaban J connectivity index is 1.48. The summed E-state index contributed by atoms with van der Waals surface area (Å²) in [5.74, 6) is -0.237. The highest BCUT2D eigenvalue weighted by molar-refractivity contribution is 7.88. The molecule has 5 nitrogen and oxygen atoms in total. The standard InChI is InChI=1S/C26H28N2O3S/c29-26(27-25(22-10-4-1-5-11-22)23-12-6-2-7-13-23)24-16-14-21(15-17-24)20-32(30,31)28-18-8-3-9-19-28/h1-2,4-7,10-17,25H,3,8-9,18-20H2,(H,27,29). The van der Waals surface area contributed by atoms with Gasteiger partial charge in [0.2, 0.25) is 10.0 Å². The first-order valence-electron chi connectivity index (χ1n) is 11.0. The first-order chi connectivity index (χ1) is 15.5. The zero-order chi connectivity index (χ0) is 22.4. The van der Waals surface area contributed by atoms with Crippen molar-refractivity contribution in [2.45, 2.75) is 31.1 Å². The quantitative estimate of drug-likeness (QED) is 0.578. The molecule has 1 N–H and O–H groups in total. The maximum absolute atomic E-state index is 13.0. The van der Waals surface area contributed by atoms with Crippen LogP contribution in [0.3, 0.4) is 0 Å². The number of piperidine rings is 1. The number of carbonyl (C=O) groups is 1. The molecule has 0 aliphatic carbocycles. The lowest BCUT2D eigenvalue weighted by Crippen LogP contribution is -2.36. The molecule has 166 valence electrons. The Morgan fingerprint density at radius 1 is 0.781 bits per heavy atom. The molecule has 0 radical (unpaired) electrons. The Hall–Kier alpha value is -2.96. The molecular weight excluding hydrogens is 420 g/mol. The van der Waals surface area contributed by atoms with E-state index in [9.17, 15) is 13.2 Å². The van der Waals surface area contributed by atoms with Gasteiger partial charge < -0.3 is 5.32 Å². The first-order valence-corrected chi connectivity index (χ1v) is 12.6. The van der Waals surface area contributed by atoms with E-state index in [0.29, 0.717) is 24.2 Å². The topological polar surface area (TPSA) is 66.5 Å². The zero-order valence-electron chi connectivity index (χ0n) is 18.0. The maximum atomic E-state index is 13.0. The van der Waals surface area contributed by atoms with E-state index in [-0.39, 0.29) is 17.7 Å². The van der Waals surface area contributed by atoms with Gasteiger partial charge in [0.15, 0.2) is 0 Å². The molecule has 1 saturated heterocycles. The van der Waals surface area contributed by atoms with E-state index in [1.54, 1.807) is 28.6 Å². The predicted molar refractivity (Wildman–Crippen MR) is 127 cm³/mol. The number of nitrogens with zero attached hydrogens (tertiary/aromatic N) is 1. The third-order valence-corrected chi connectivity index (χ3v) is 7.66. The molecule has 0 atom stereocenters. The van der Waals surface area contributed by atoms with Gasteiger partial charge in [-0.3, -0.25) is 4.79 Å². The van der Waals surface area contributed by atoms with Gasteiger partial charge in [-0.2, -0.15) is 0 Å². The van der Waals surface area contributed by atoms with Gasteiger partial charge in [0.05, 0.1) is 11.8 Å². The minimum Gasteiger partial charge on any atom is -0.341 e. The van der Waals surface area contributed by atoms with E-state index < -0.39 is 10.0 Å². The van der Waals surface area contributed by atoms with E-state index in [4.69, 9.17) is 0 Å². The number of carbonyl (C=O) groups excluding carboxylic acids is 1. The molecule has 1 fully saturated rings. The summed E-state index contributed by atoms with van der Waals surface area (Å²) >= 11 is 0. The summed E-state index contributed by atoms with van der Waals surface area (Å²) in [7, 11) is -3.33. The molecule has 4 rings (SSSR count). The number of sulfonamides is 1. The van der Waals surface area contributed by atoms with Gasteiger partial charge in [0.1, 0.15) is 0 Å². The molecule has 0 unspecified atom stereocenters. The lowest BCUT2D eigenvalue weighted by atomic mass is 9.98. The third-order valence-electron chi connectivity index (χ3n) is 5.81. The van der Waals surface area contributed by atoms with E-state index in [2.05, 4.69) is 5.32 Å². The molecule has 1 amide bonds. The summed E-state index contributed by atoms with van der Waals surface area (Å²) in [6.07, 6.45) is 2.92. The average molecular weight is 449 g/mol. The van der Waals surface area contributed by atoms with Crippen LogP contribution >= 0.6 is 0 Å². The van der Waals surface area contributed by atoms with E-state index in [1.165, 1.54) is 0 Å². The number of nitrogens with one attached hydrogen (secondary N) is 1. The lowest BCUT2D eigenvalue weighted by molar-refractivity contribution is 0.0943. The number of hydrogen-bond acceptors (Lipinski definition) is 3. The molecule has 0 spiro atoms. The van der Waals surface area contributed by atoms with Gasteiger partial charge in [-0.25, -0.2) is 12.7 Å². The van der Waals surface area contributed by atoms with Crippen LogP contribution in [-0.2, 0) is 15.8 Å². The molecule has 1 heterocycles. The highest BCUT2D eigenvalue weighted by Crippen LogP contribution is 2.23. The van der Waals surface area contributed by atoms with Crippen molar-refractivity contribution < 1.29 is 13.2 Å². The summed E-state index contributed by atoms with van der Waals surface area (Å²) in [5.41, 5.74) is 3.18. The van der Waals surface area contributed by atoms with E-state index >= 15 is 0 Å². The Labute approximate surface area is 190 Å². The van der Waals surface area contributed by atoms with Crippen LogP contribution in [0.1, 0.15) is 52.4 Å². The molecule has 32 heavy (non-hydrogen) atoms. The Morgan fingerprint density at radius 3 is 1.84 bits per heavy atom. The largest absolute Gasteiger partial charge is 0.341 e. The van der Waals surface area contributed by atoms with Crippen LogP contribution in [0.25, 0.3) is 0 Å². The second kappa shape index (κ2) is 10.1. The van der Waals surface area contributed by atoms with E-state index in [0.717, 1.165) is 30.4 Å². The van der Waals surface area contributed by atoms with Crippen molar-refractivity contribution >= 4 is 15.9 Å². The molecule has 0 aromatic heterocycles. The van der Waals surface area contributed by atoms with Gasteiger partial charge in [-0.05, 0) is 41.7 Å². The van der Waals surface area contributed by atoms with Gasteiger partial charge in [0, 0.05) is 18.7 Å². The SMILES string of the molecule is O=C(NC(c1ccccc1)c1ccccc1)c1ccc(CS(=O)(=O)N2CCCCC2)cc1. The summed E-state index contributed by atoms with van der Waals surface area (Å²) < 4.78 is 26.9. The van der Waals surface area contributed by atoms with Crippen LogP contribution < -0.4 is 5.32 Å². The fraction of sp³-hybridized carbons (Fsp3) is 0.269. The molecule has 1 aliphatic rings. The summed E-state index contributed by atoms with van der Waals surface area (Å²) in [4.78, 5) is 13.0. The van der Waals surface area contributed by atoms with Crippen LogP contribution in [-0.4, -0.2) is 31.7 Å². The first kappa shape index (κ1) is 22.2. The Morgan fingerprint density at radius 2 is 1.31 bits per heavy atom. The monoisotopic (exact) mass is 448 g/mol. The van der Waals surface area contributed by atoms with Crippen molar-refractivity contribution in [2.24, 2.45) is 0 Å². The molecule has 0 saturated carbocycles. The van der Waals surface area contributed by atoms with Crippen LogP contribution in [0, 0.1) is 0 Å². The number of amides is 1. The van der Waals surface area contributed by atoms with Crippen molar-refractivity contribution in [1.82, 2.24) is 9.62 Å². The second-order valence-electron chi connectivity index (χ2n) is 8.14. The Kier molecular flexibility index (Phi) is 7.02. The predicted octanol–water partition coefficient (Wildman–Crippen LogP) is 4.52. The summed E-state index contributed by atoms with van der Waals surface area (Å²) in [5, 5.41) is 3.12. The molecule has 1 aliphatic heterocycles. The normalized spacial score (nSPS) is 14.9. The number of benzene rings is 3. The fourth-order valence-corrected chi connectivity index (χ4v) is 5.67. The van der Waals surface area contributed by atoms with Crippen molar-refractivity contribution in [3.8, 4) is 0 Å². The Bertz CT molecular complexity index is 1090. The van der Waals surface area contributed by atoms with Gasteiger partial charge in [-0.15, -0.1) is 0 Å². The number of rotatable bonds is 7. The van der Waals surface area contributed by atoms with Gasteiger partial charge >= 0.3 is 0 Å². The summed E-state index contributed by atoms with van der Waals surface area (Å²) in [6, 6.07) is 26.3. The van der Waals surface area contributed by atoms with Gasteiger partial charge in [0.25, 0.3) is 5.91 Å². The van der Waals surface area contributed by atoms with Crippen molar-refractivity contribution in [3.05, 3.63) is 107 Å². The van der Waals surface area contributed by atoms with E-state index in [1.807, 2.05) is 60.7 Å². The molecule has 3 aromatic rings. The fourth-order valence-electron chi connectivity index (χ4n) is 4.06. The van der Waals surface area contributed by atoms with Crippen molar-refractivity contribution in [1.29, 1.82) is 0 Å². The maximum Gasteiger partial charge on any atom is 0.252 e. The van der Waals surface area contributed by atoms with Crippen molar-refractivity contribution in [3.63, 3.8) is 0 Å². The highest BCUT2D eigenvalue weighted by Gasteiger charge is 2.24. The lowest BCUT2D eigenvalue weighted by Gasteiger charge is -2.25. The van der Waals surface area contributed by atoms with Crippen LogP contribution in [0.2, 0.25) is 0 Å². The van der Waals surface area contributed by atoms with Crippen LogP contribution in [0.5, 0.6) is 0 Å². The molecule has 0 bridgehead atoms. The molecular formula is C26H28N2O3S. The number of hydrogen-bond donors (Lipinski definition) is 1. The zero-order valence-corrected chi connectivity index (χ0v) is 18.8. The molecule has 6 heteroatoms. The third kappa shape index (κ3) is 5.44. The second-order valence-corrected chi connectivity index (χ2v) is 10.1. The van der Waals surface area contributed by atoms with Crippen molar-refractivity contribution in [2.75, 3.05) is 13.1 Å². The van der Waals surface area contributed by atoms with Gasteiger partial charge in [-0.1, -0.05) is 79.2 Å². The highest BCUT2D eigenvalue weighted by atomic mass is 32.2. The minimum atomic E-state index is -3.33. The average Bonchev–Trinajstić information content (AvgIpc) is 2.84. The minimum absolute atomic E-state index is 0.0362. The smallest absolute Gasteiger partial charge is 0.252 e. The van der Waals surface area contributed by atoms with Crippen LogP contribution in [0.15, 0.2) is 84.9 Å². The summed E-state index contributed by atoms with van der Waals surface area (Å²) in [6.45, 7) is 1.20.